The van der Waals surface area contributed by atoms with E-state index < -0.39 is 0 Å². The summed E-state index contributed by atoms with van der Waals surface area (Å²) in [6, 6.07) is 17.5. The summed E-state index contributed by atoms with van der Waals surface area (Å²) in [5.41, 5.74) is 1.73. The molecular weight excluding hydrogens is 224 g/mol. The smallest absolute Gasteiger partial charge is 0.280 e. The van der Waals surface area contributed by atoms with E-state index in [-0.39, 0.29) is 5.56 Å². The predicted octanol–water partition coefficient (Wildman–Crippen LogP) is 2.69. The Bertz CT molecular complexity index is 760. The van der Waals surface area contributed by atoms with Gasteiger partial charge in [0.15, 0.2) is 0 Å². The Hall–Kier alpha value is -2.42. The molecule has 0 radical (unpaired) electrons. The van der Waals surface area contributed by atoms with Crippen molar-refractivity contribution in [3.05, 3.63) is 70.8 Å². The van der Waals surface area contributed by atoms with E-state index in [9.17, 15) is 4.79 Å². The standard InChI is InChI=1S/C15H12N2O/c1-11-16-15(18)13-9-5-6-10-14(13)17(11)12-7-3-2-4-8-12/h2-10H,1H3. The number of hydrogen-bond donors (Lipinski definition) is 0. The van der Waals surface area contributed by atoms with Crippen molar-refractivity contribution in [3.8, 4) is 5.69 Å². The van der Waals surface area contributed by atoms with Crippen molar-refractivity contribution in [1.82, 2.24) is 9.55 Å². The average molecular weight is 236 g/mol. The van der Waals surface area contributed by atoms with Crippen molar-refractivity contribution in [2.75, 3.05) is 0 Å². The molecule has 0 aliphatic heterocycles. The Labute approximate surface area is 104 Å². The second-order valence-corrected chi connectivity index (χ2v) is 4.15. The lowest BCUT2D eigenvalue weighted by atomic mass is 10.2. The molecule has 18 heavy (non-hydrogen) atoms. The van der Waals surface area contributed by atoms with Crippen molar-refractivity contribution in [1.29, 1.82) is 0 Å². The van der Waals surface area contributed by atoms with Crippen molar-refractivity contribution >= 4 is 10.9 Å². The van der Waals surface area contributed by atoms with E-state index in [1.54, 1.807) is 0 Å². The number of fused-ring (bicyclic) bond motifs is 1. The molecule has 0 aliphatic rings. The van der Waals surface area contributed by atoms with Gasteiger partial charge in [-0.15, -0.1) is 0 Å². The lowest BCUT2D eigenvalue weighted by Gasteiger charge is -2.13. The Morgan fingerprint density at radius 1 is 0.944 bits per heavy atom. The molecule has 0 amide bonds. The van der Waals surface area contributed by atoms with Crippen LogP contribution >= 0.6 is 0 Å². The summed E-state index contributed by atoms with van der Waals surface area (Å²) >= 11 is 0. The summed E-state index contributed by atoms with van der Waals surface area (Å²) in [5, 5.41) is 0.645. The molecule has 0 saturated heterocycles. The average Bonchev–Trinajstić information content (AvgIpc) is 2.40. The van der Waals surface area contributed by atoms with Gasteiger partial charge in [0.1, 0.15) is 5.82 Å². The van der Waals surface area contributed by atoms with Gasteiger partial charge in [-0.3, -0.25) is 9.36 Å². The Balaban J connectivity index is 2.46. The zero-order chi connectivity index (χ0) is 12.5. The van der Waals surface area contributed by atoms with Crippen LogP contribution in [-0.2, 0) is 0 Å². The molecule has 0 N–H and O–H groups in total. The van der Waals surface area contributed by atoms with Gasteiger partial charge in [-0.2, -0.15) is 4.98 Å². The maximum atomic E-state index is 11.9. The van der Waals surface area contributed by atoms with Crippen LogP contribution in [0.3, 0.4) is 0 Å². The van der Waals surface area contributed by atoms with Gasteiger partial charge < -0.3 is 0 Å². The minimum atomic E-state index is -0.171. The maximum Gasteiger partial charge on any atom is 0.280 e. The molecule has 0 fully saturated rings. The number of benzene rings is 2. The van der Waals surface area contributed by atoms with E-state index in [1.807, 2.05) is 66.1 Å². The zero-order valence-electron chi connectivity index (χ0n) is 10.00. The molecule has 0 aliphatic carbocycles. The number of rotatable bonds is 1. The lowest BCUT2D eigenvalue weighted by molar-refractivity contribution is 0.933. The van der Waals surface area contributed by atoms with E-state index in [1.165, 1.54) is 0 Å². The molecule has 88 valence electrons. The first-order chi connectivity index (χ1) is 8.77. The third kappa shape index (κ3) is 1.61. The zero-order valence-corrected chi connectivity index (χ0v) is 10.00. The summed E-state index contributed by atoms with van der Waals surface area (Å²) in [5.74, 6) is 0.699. The van der Waals surface area contributed by atoms with E-state index in [0.29, 0.717) is 11.2 Å². The Morgan fingerprint density at radius 2 is 1.61 bits per heavy atom. The minimum absolute atomic E-state index is 0.171. The third-order valence-corrected chi connectivity index (χ3v) is 2.98. The fraction of sp³-hybridized carbons (Fsp3) is 0.0667. The molecule has 0 saturated carbocycles. The number of aromatic nitrogens is 2. The second-order valence-electron chi connectivity index (χ2n) is 4.15. The van der Waals surface area contributed by atoms with Crippen LogP contribution in [0.5, 0.6) is 0 Å². The highest BCUT2D eigenvalue weighted by atomic mass is 16.1. The van der Waals surface area contributed by atoms with Crippen molar-refractivity contribution < 1.29 is 0 Å². The van der Waals surface area contributed by atoms with Crippen molar-refractivity contribution in [2.24, 2.45) is 0 Å². The van der Waals surface area contributed by atoms with Crippen LogP contribution in [0, 0.1) is 6.92 Å². The minimum Gasteiger partial charge on any atom is -0.298 e. The van der Waals surface area contributed by atoms with Gasteiger partial charge in [-0.05, 0) is 31.2 Å². The number of hydrogen-bond acceptors (Lipinski definition) is 2. The monoisotopic (exact) mass is 236 g/mol. The van der Waals surface area contributed by atoms with Gasteiger partial charge in [0, 0.05) is 5.69 Å². The number of nitrogens with zero attached hydrogens (tertiary/aromatic N) is 2. The SMILES string of the molecule is Cc1nc(=O)c2ccccc2n1-c1ccccc1. The third-order valence-electron chi connectivity index (χ3n) is 2.98. The largest absolute Gasteiger partial charge is 0.298 e. The van der Waals surface area contributed by atoms with Crippen LogP contribution in [0.4, 0.5) is 0 Å². The molecule has 1 aromatic heterocycles. The summed E-state index contributed by atoms with van der Waals surface area (Å²) in [6.45, 7) is 1.85. The molecule has 0 spiro atoms. The summed E-state index contributed by atoms with van der Waals surface area (Å²) in [7, 11) is 0. The van der Waals surface area contributed by atoms with Crippen LogP contribution in [-0.4, -0.2) is 9.55 Å². The summed E-state index contributed by atoms with van der Waals surface area (Å²) in [6.07, 6.45) is 0. The first kappa shape index (κ1) is 10.7. The van der Waals surface area contributed by atoms with E-state index in [0.717, 1.165) is 11.2 Å². The van der Waals surface area contributed by atoms with E-state index in [2.05, 4.69) is 4.98 Å². The van der Waals surface area contributed by atoms with Crippen LogP contribution in [0.2, 0.25) is 0 Å². The first-order valence-electron chi connectivity index (χ1n) is 5.81. The molecular formula is C15H12N2O. The number of para-hydroxylation sites is 2. The van der Waals surface area contributed by atoms with Crippen LogP contribution in [0.1, 0.15) is 5.82 Å². The highest BCUT2D eigenvalue weighted by molar-refractivity contribution is 5.79. The van der Waals surface area contributed by atoms with Crippen LogP contribution in [0.25, 0.3) is 16.6 Å². The molecule has 2 aromatic carbocycles. The van der Waals surface area contributed by atoms with E-state index >= 15 is 0 Å². The first-order valence-corrected chi connectivity index (χ1v) is 5.81. The van der Waals surface area contributed by atoms with E-state index in [4.69, 9.17) is 0 Å². The Kier molecular flexibility index (Phi) is 2.45. The maximum absolute atomic E-state index is 11.9. The van der Waals surface area contributed by atoms with Crippen LogP contribution < -0.4 is 5.56 Å². The molecule has 3 aromatic rings. The molecule has 3 heteroatoms. The van der Waals surface area contributed by atoms with Gasteiger partial charge in [0.25, 0.3) is 5.56 Å². The van der Waals surface area contributed by atoms with Crippen molar-refractivity contribution in [2.45, 2.75) is 6.92 Å². The summed E-state index contributed by atoms with van der Waals surface area (Å²) in [4.78, 5) is 15.9. The molecule has 3 rings (SSSR count). The van der Waals surface area contributed by atoms with Gasteiger partial charge in [-0.25, -0.2) is 0 Å². The highest BCUT2D eigenvalue weighted by Gasteiger charge is 2.08. The fourth-order valence-electron chi connectivity index (χ4n) is 2.18. The summed E-state index contributed by atoms with van der Waals surface area (Å²) < 4.78 is 2.00. The number of aryl methyl sites for hydroxylation is 1. The van der Waals surface area contributed by atoms with Gasteiger partial charge in [0.05, 0.1) is 10.9 Å². The molecule has 0 bridgehead atoms. The second kappa shape index (κ2) is 4.11. The molecule has 3 nitrogen and oxygen atoms in total. The van der Waals surface area contributed by atoms with Crippen LogP contribution in [0.15, 0.2) is 59.4 Å². The normalized spacial score (nSPS) is 10.7. The quantitative estimate of drug-likeness (QED) is 0.651. The van der Waals surface area contributed by atoms with Gasteiger partial charge >= 0.3 is 0 Å². The topological polar surface area (TPSA) is 34.9 Å². The predicted molar refractivity (Wildman–Crippen MR) is 72.1 cm³/mol. The molecule has 0 unspecified atom stereocenters. The van der Waals surface area contributed by atoms with Crippen molar-refractivity contribution in [3.63, 3.8) is 0 Å². The molecule has 1 heterocycles. The lowest BCUT2D eigenvalue weighted by Crippen LogP contribution is -2.15. The van der Waals surface area contributed by atoms with Gasteiger partial charge in [0.2, 0.25) is 0 Å². The Morgan fingerprint density at radius 3 is 2.39 bits per heavy atom. The molecule has 0 atom stereocenters. The highest BCUT2D eigenvalue weighted by Crippen LogP contribution is 2.17. The fourth-order valence-corrected chi connectivity index (χ4v) is 2.18. The van der Waals surface area contributed by atoms with Gasteiger partial charge in [-0.1, -0.05) is 30.3 Å².